The molecule has 1 aliphatic heterocycles. The number of hydrogen-bond donors (Lipinski definition) is 6. The van der Waals surface area contributed by atoms with E-state index in [9.17, 15) is 30.6 Å². The van der Waals surface area contributed by atoms with Gasteiger partial charge in [-0.05, 0) is 13.3 Å². The van der Waals surface area contributed by atoms with Crippen LogP contribution < -0.4 is 0 Å². The molecule has 1 rings (SSSR count). The van der Waals surface area contributed by atoms with Gasteiger partial charge in [-0.2, -0.15) is 0 Å². The van der Waals surface area contributed by atoms with Gasteiger partial charge >= 0.3 is 0 Å². The van der Waals surface area contributed by atoms with Crippen LogP contribution in [0.25, 0.3) is 0 Å². The Kier molecular flexibility index (Phi) is 15.9. The van der Waals surface area contributed by atoms with E-state index in [1.807, 2.05) is 0 Å². The van der Waals surface area contributed by atoms with E-state index in [1.54, 1.807) is 0 Å². The van der Waals surface area contributed by atoms with Gasteiger partial charge in [0, 0.05) is 0 Å². The molecule has 0 aromatic heterocycles. The molecule has 0 bridgehead atoms. The van der Waals surface area contributed by atoms with Gasteiger partial charge < -0.3 is 40.1 Å². The molecule has 0 aromatic rings. The van der Waals surface area contributed by atoms with Crippen molar-refractivity contribution in [2.75, 3.05) is 6.61 Å². The van der Waals surface area contributed by atoms with Crippen LogP contribution in [0.3, 0.4) is 0 Å². The number of unbranched alkanes of at least 4 members (excludes halogenated alkanes) is 11. The average molecular weight is 465 g/mol. The summed E-state index contributed by atoms with van der Waals surface area (Å²) in [6.07, 6.45) is 5.01. The van der Waals surface area contributed by atoms with Crippen molar-refractivity contribution >= 4 is 0 Å². The molecule has 1 heterocycles. The highest BCUT2D eigenvalue weighted by Crippen LogP contribution is 2.22. The third kappa shape index (κ3) is 11.2. The molecule has 192 valence electrons. The van der Waals surface area contributed by atoms with E-state index in [2.05, 4.69) is 6.92 Å². The monoisotopic (exact) mass is 464 g/mol. The van der Waals surface area contributed by atoms with E-state index >= 15 is 0 Å². The molecule has 0 radical (unpaired) electrons. The summed E-state index contributed by atoms with van der Waals surface area (Å²) in [4.78, 5) is 0. The lowest BCUT2D eigenvalue weighted by Gasteiger charge is -2.39. The minimum absolute atomic E-state index is 0.381. The summed E-state index contributed by atoms with van der Waals surface area (Å²) >= 11 is 0. The van der Waals surface area contributed by atoms with E-state index in [1.165, 1.54) is 64.7 Å². The highest BCUT2D eigenvalue weighted by Gasteiger charge is 2.42. The smallest absolute Gasteiger partial charge is 0.186 e. The molecule has 0 amide bonds. The lowest BCUT2D eigenvalue weighted by atomic mass is 9.99. The zero-order chi connectivity index (χ0) is 23.9. The van der Waals surface area contributed by atoms with Gasteiger partial charge in [0.05, 0.1) is 18.8 Å². The quantitative estimate of drug-likeness (QED) is 0.169. The minimum Gasteiger partial charge on any atom is -0.390 e. The number of aliphatic hydroxyl groups is 6. The van der Waals surface area contributed by atoms with Gasteiger partial charge in [-0.25, -0.2) is 0 Å². The predicted octanol–water partition coefficient (Wildman–Crippen LogP) is 2.00. The molecular formula is C24H48O8. The van der Waals surface area contributed by atoms with Crippen molar-refractivity contribution in [2.45, 2.75) is 146 Å². The Morgan fingerprint density at radius 1 is 0.688 bits per heavy atom. The maximum atomic E-state index is 10.1. The molecule has 0 aliphatic carbocycles. The molecule has 8 nitrogen and oxygen atoms in total. The van der Waals surface area contributed by atoms with Crippen LogP contribution >= 0.6 is 0 Å². The molecule has 0 saturated carbocycles. The molecule has 6 N–H and O–H groups in total. The lowest BCUT2D eigenvalue weighted by Crippen LogP contribution is -2.57. The Bertz CT molecular complexity index is 452. The molecule has 8 heteroatoms. The van der Waals surface area contributed by atoms with Crippen molar-refractivity contribution in [1.29, 1.82) is 0 Å². The Hall–Kier alpha value is -0.320. The Labute approximate surface area is 193 Å². The molecule has 1 fully saturated rings. The molecule has 1 saturated heterocycles. The van der Waals surface area contributed by atoms with Gasteiger partial charge in [0.25, 0.3) is 0 Å². The van der Waals surface area contributed by atoms with Crippen molar-refractivity contribution in [3.05, 3.63) is 0 Å². The predicted molar refractivity (Wildman–Crippen MR) is 122 cm³/mol. The summed E-state index contributed by atoms with van der Waals surface area (Å²) in [5, 5.41) is 59.7. The first-order valence-electron chi connectivity index (χ1n) is 12.6. The van der Waals surface area contributed by atoms with Crippen LogP contribution in [-0.4, -0.2) is 86.3 Å². The Morgan fingerprint density at radius 2 is 1.19 bits per heavy atom. The standard InChI is InChI=1S/C24H48O8/c1-3-4-5-6-7-8-9-10-11-12-13-14-15-18(25)21(28)19(26)16-31-24-23(30)22(29)20(27)17(2)32-24/h17-30H,3-16H2,1-2H3/t17-,18+,19-,20-,21-,22+,23+,24+/m0/s1. The van der Waals surface area contributed by atoms with Crippen LogP contribution in [-0.2, 0) is 9.47 Å². The second kappa shape index (κ2) is 17.2. The van der Waals surface area contributed by atoms with Gasteiger partial charge in [-0.3, -0.25) is 0 Å². The largest absolute Gasteiger partial charge is 0.390 e. The SMILES string of the molecule is CCCCCCCCCCCCCC[C@@H](O)[C@H](O)[C@@H](O)CO[C@@H]1O[C@@H](C)[C@H](O)[C@@H](O)[C@H]1O. The zero-order valence-electron chi connectivity index (χ0n) is 20.0. The third-order valence-electron chi connectivity index (χ3n) is 6.38. The maximum absolute atomic E-state index is 10.1. The van der Waals surface area contributed by atoms with Crippen LogP contribution in [0.5, 0.6) is 0 Å². The second-order valence-corrected chi connectivity index (χ2v) is 9.32. The first kappa shape index (κ1) is 29.7. The van der Waals surface area contributed by atoms with Crippen LogP contribution in [0.4, 0.5) is 0 Å². The van der Waals surface area contributed by atoms with E-state index in [0.29, 0.717) is 6.42 Å². The van der Waals surface area contributed by atoms with Gasteiger partial charge in [0.2, 0.25) is 0 Å². The molecule has 0 unspecified atom stereocenters. The molecule has 0 aromatic carbocycles. The van der Waals surface area contributed by atoms with Gasteiger partial charge in [0.15, 0.2) is 6.29 Å². The van der Waals surface area contributed by atoms with Gasteiger partial charge in [-0.15, -0.1) is 0 Å². The average Bonchev–Trinajstić information content (AvgIpc) is 2.78. The molecule has 0 spiro atoms. The van der Waals surface area contributed by atoms with Crippen molar-refractivity contribution in [2.24, 2.45) is 0 Å². The van der Waals surface area contributed by atoms with Crippen LogP contribution in [0.1, 0.15) is 97.3 Å². The summed E-state index contributed by atoms with van der Waals surface area (Å²) in [6, 6.07) is 0. The third-order valence-corrected chi connectivity index (χ3v) is 6.38. The summed E-state index contributed by atoms with van der Waals surface area (Å²) in [7, 11) is 0. The van der Waals surface area contributed by atoms with Crippen molar-refractivity contribution in [3.8, 4) is 0 Å². The molecule has 32 heavy (non-hydrogen) atoms. The second-order valence-electron chi connectivity index (χ2n) is 9.32. The lowest BCUT2D eigenvalue weighted by molar-refractivity contribution is -0.299. The molecular weight excluding hydrogens is 416 g/mol. The fraction of sp³-hybridized carbons (Fsp3) is 1.00. The highest BCUT2D eigenvalue weighted by atomic mass is 16.7. The topological polar surface area (TPSA) is 140 Å². The van der Waals surface area contributed by atoms with E-state index in [4.69, 9.17) is 9.47 Å². The first-order valence-corrected chi connectivity index (χ1v) is 12.6. The summed E-state index contributed by atoms with van der Waals surface area (Å²) < 4.78 is 10.6. The zero-order valence-corrected chi connectivity index (χ0v) is 20.0. The summed E-state index contributed by atoms with van der Waals surface area (Å²) in [6.45, 7) is 3.38. The number of aliphatic hydroxyl groups excluding tert-OH is 6. The minimum atomic E-state index is -1.48. The van der Waals surface area contributed by atoms with Crippen molar-refractivity contribution in [1.82, 2.24) is 0 Å². The normalized spacial score (nSPS) is 29.1. The fourth-order valence-electron chi connectivity index (χ4n) is 4.06. The van der Waals surface area contributed by atoms with E-state index < -0.39 is 49.0 Å². The summed E-state index contributed by atoms with van der Waals surface area (Å²) in [5.41, 5.74) is 0. The van der Waals surface area contributed by atoms with Crippen LogP contribution in [0, 0.1) is 0 Å². The molecule has 8 atom stereocenters. The van der Waals surface area contributed by atoms with Crippen molar-refractivity contribution in [3.63, 3.8) is 0 Å². The van der Waals surface area contributed by atoms with Gasteiger partial charge in [0.1, 0.15) is 30.5 Å². The van der Waals surface area contributed by atoms with E-state index in [0.717, 1.165) is 19.3 Å². The summed E-state index contributed by atoms with van der Waals surface area (Å²) in [5.74, 6) is 0. The van der Waals surface area contributed by atoms with Crippen LogP contribution in [0.15, 0.2) is 0 Å². The van der Waals surface area contributed by atoms with Crippen molar-refractivity contribution < 1.29 is 40.1 Å². The van der Waals surface area contributed by atoms with Crippen LogP contribution in [0.2, 0.25) is 0 Å². The Morgan fingerprint density at radius 3 is 1.72 bits per heavy atom. The Balaban J connectivity index is 2.08. The first-order chi connectivity index (χ1) is 15.3. The number of rotatable bonds is 18. The number of ether oxygens (including phenoxy) is 2. The number of hydrogen-bond acceptors (Lipinski definition) is 8. The maximum Gasteiger partial charge on any atom is 0.186 e. The fourth-order valence-corrected chi connectivity index (χ4v) is 4.06. The van der Waals surface area contributed by atoms with E-state index in [-0.39, 0.29) is 6.61 Å². The highest BCUT2D eigenvalue weighted by molar-refractivity contribution is 4.87. The van der Waals surface area contributed by atoms with Gasteiger partial charge in [-0.1, -0.05) is 84.0 Å². The molecule has 1 aliphatic rings.